The SMILES string of the molecule is C=C/C=C(\C=C/C)C(=O)NCC(C)(C)CO. The van der Waals surface area contributed by atoms with E-state index in [0.29, 0.717) is 12.1 Å². The van der Waals surface area contributed by atoms with Gasteiger partial charge in [-0.05, 0) is 6.92 Å². The quantitative estimate of drug-likeness (QED) is 0.533. The molecule has 0 heterocycles. The van der Waals surface area contributed by atoms with Crippen LogP contribution in [0.1, 0.15) is 20.8 Å². The highest BCUT2D eigenvalue weighted by atomic mass is 16.3. The number of hydrogen-bond acceptors (Lipinski definition) is 2. The van der Waals surface area contributed by atoms with Crippen molar-refractivity contribution in [1.82, 2.24) is 5.32 Å². The minimum Gasteiger partial charge on any atom is -0.396 e. The van der Waals surface area contributed by atoms with Crippen LogP contribution in [0.3, 0.4) is 0 Å². The lowest BCUT2D eigenvalue weighted by Crippen LogP contribution is -2.36. The zero-order valence-corrected chi connectivity index (χ0v) is 10.3. The number of carbonyl (C=O) groups excluding carboxylic acids is 1. The van der Waals surface area contributed by atoms with E-state index >= 15 is 0 Å². The Morgan fingerprint density at radius 1 is 1.50 bits per heavy atom. The summed E-state index contributed by atoms with van der Waals surface area (Å²) in [5.41, 5.74) is 0.261. The fourth-order valence-corrected chi connectivity index (χ4v) is 0.991. The predicted octanol–water partition coefficient (Wildman–Crippen LogP) is 1.81. The van der Waals surface area contributed by atoms with E-state index in [1.807, 2.05) is 20.8 Å². The molecule has 16 heavy (non-hydrogen) atoms. The van der Waals surface area contributed by atoms with E-state index in [1.165, 1.54) is 0 Å². The molecule has 0 aliphatic carbocycles. The van der Waals surface area contributed by atoms with E-state index in [2.05, 4.69) is 11.9 Å². The van der Waals surface area contributed by atoms with Gasteiger partial charge in [-0.15, -0.1) is 0 Å². The Balaban J connectivity index is 4.44. The van der Waals surface area contributed by atoms with E-state index in [1.54, 1.807) is 24.3 Å². The molecule has 0 saturated heterocycles. The molecule has 0 rings (SSSR count). The first-order valence-corrected chi connectivity index (χ1v) is 5.31. The van der Waals surface area contributed by atoms with Gasteiger partial charge in [0.1, 0.15) is 0 Å². The number of nitrogens with one attached hydrogen (secondary N) is 1. The summed E-state index contributed by atoms with van der Waals surface area (Å²) in [5.74, 6) is -0.153. The van der Waals surface area contributed by atoms with Crippen molar-refractivity contribution in [3.63, 3.8) is 0 Å². The van der Waals surface area contributed by atoms with Gasteiger partial charge >= 0.3 is 0 Å². The first-order valence-electron chi connectivity index (χ1n) is 5.31. The number of allylic oxidation sites excluding steroid dienone is 3. The monoisotopic (exact) mass is 223 g/mol. The van der Waals surface area contributed by atoms with Crippen molar-refractivity contribution in [1.29, 1.82) is 0 Å². The minimum atomic E-state index is -0.301. The molecule has 3 heteroatoms. The van der Waals surface area contributed by atoms with Crippen molar-refractivity contribution in [3.05, 3.63) is 36.5 Å². The molecule has 0 bridgehead atoms. The van der Waals surface area contributed by atoms with E-state index in [0.717, 1.165) is 0 Å². The average Bonchev–Trinajstić information content (AvgIpc) is 2.26. The number of amides is 1. The van der Waals surface area contributed by atoms with Crippen LogP contribution in [0.25, 0.3) is 0 Å². The molecular weight excluding hydrogens is 202 g/mol. The molecule has 3 nitrogen and oxygen atoms in total. The van der Waals surface area contributed by atoms with Crippen LogP contribution in [-0.2, 0) is 4.79 Å². The highest BCUT2D eigenvalue weighted by molar-refractivity contribution is 5.96. The molecule has 0 saturated carbocycles. The molecule has 0 atom stereocenters. The van der Waals surface area contributed by atoms with E-state index in [-0.39, 0.29) is 17.9 Å². The van der Waals surface area contributed by atoms with Gasteiger partial charge in [0, 0.05) is 24.1 Å². The predicted molar refractivity (Wildman–Crippen MR) is 67.0 cm³/mol. The molecule has 0 fully saturated rings. The Morgan fingerprint density at radius 3 is 2.56 bits per heavy atom. The zero-order valence-electron chi connectivity index (χ0n) is 10.3. The van der Waals surface area contributed by atoms with Crippen LogP contribution in [0, 0.1) is 5.41 Å². The topological polar surface area (TPSA) is 49.3 Å². The van der Waals surface area contributed by atoms with Gasteiger partial charge < -0.3 is 10.4 Å². The first kappa shape index (κ1) is 14.6. The molecule has 0 unspecified atom stereocenters. The van der Waals surface area contributed by atoms with Gasteiger partial charge in [0.2, 0.25) is 0 Å². The van der Waals surface area contributed by atoms with Gasteiger partial charge in [-0.2, -0.15) is 0 Å². The second-order valence-corrected chi connectivity index (χ2v) is 4.36. The van der Waals surface area contributed by atoms with E-state index in [4.69, 9.17) is 5.11 Å². The fraction of sp³-hybridized carbons (Fsp3) is 0.462. The van der Waals surface area contributed by atoms with Gasteiger partial charge in [-0.25, -0.2) is 0 Å². The lowest BCUT2D eigenvalue weighted by molar-refractivity contribution is -0.117. The Kier molecular flexibility index (Phi) is 6.42. The molecule has 1 amide bonds. The van der Waals surface area contributed by atoms with Gasteiger partial charge in [0.05, 0.1) is 0 Å². The fourth-order valence-electron chi connectivity index (χ4n) is 0.991. The highest BCUT2D eigenvalue weighted by Crippen LogP contribution is 2.11. The molecule has 0 aliphatic heterocycles. The second kappa shape index (κ2) is 7.01. The summed E-state index contributed by atoms with van der Waals surface area (Å²) in [5, 5.41) is 11.8. The third-order valence-corrected chi connectivity index (χ3v) is 2.06. The smallest absolute Gasteiger partial charge is 0.251 e. The highest BCUT2D eigenvalue weighted by Gasteiger charge is 2.17. The molecule has 0 radical (unpaired) electrons. The zero-order chi connectivity index (χ0) is 12.6. The second-order valence-electron chi connectivity index (χ2n) is 4.36. The maximum atomic E-state index is 11.7. The average molecular weight is 223 g/mol. The maximum absolute atomic E-state index is 11.7. The van der Waals surface area contributed by atoms with Crippen LogP contribution in [-0.4, -0.2) is 24.2 Å². The summed E-state index contributed by atoms with van der Waals surface area (Å²) in [6, 6.07) is 0. The molecule has 0 spiro atoms. The van der Waals surface area contributed by atoms with Gasteiger partial charge in [0.15, 0.2) is 0 Å². The van der Waals surface area contributed by atoms with Crippen molar-refractivity contribution in [2.24, 2.45) is 5.41 Å². The van der Waals surface area contributed by atoms with Crippen molar-refractivity contribution in [2.75, 3.05) is 13.2 Å². The van der Waals surface area contributed by atoms with Crippen molar-refractivity contribution >= 4 is 5.91 Å². The number of aliphatic hydroxyl groups is 1. The van der Waals surface area contributed by atoms with Gasteiger partial charge in [-0.1, -0.05) is 44.7 Å². The summed E-state index contributed by atoms with van der Waals surface area (Å²) < 4.78 is 0. The standard InChI is InChI=1S/C13H21NO2/c1-5-7-11(8-6-2)12(16)14-9-13(3,4)10-15/h5-8,15H,1,9-10H2,2-4H3,(H,14,16)/b8-6-,11-7+. The summed E-state index contributed by atoms with van der Waals surface area (Å²) in [6.07, 6.45) is 6.75. The van der Waals surface area contributed by atoms with Crippen molar-refractivity contribution < 1.29 is 9.90 Å². The summed E-state index contributed by atoms with van der Waals surface area (Å²) in [7, 11) is 0. The number of rotatable bonds is 6. The Morgan fingerprint density at radius 2 is 2.12 bits per heavy atom. The van der Waals surface area contributed by atoms with Crippen LogP contribution < -0.4 is 5.32 Å². The molecule has 90 valence electrons. The van der Waals surface area contributed by atoms with Gasteiger partial charge in [0.25, 0.3) is 5.91 Å². The van der Waals surface area contributed by atoms with Crippen LogP contribution in [0.4, 0.5) is 0 Å². The maximum Gasteiger partial charge on any atom is 0.251 e. The summed E-state index contributed by atoms with van der Waals surface area (Å²) >= 11 is 0. The third kappa shape index (κ3) is 5.51. The van der Waals surface area contributed by atoms with Crippen LogP contribution in [0.15, 0.2) is 36.5 Å². The molecular formula is C13H21NO2. The van der Waals surface area contributed by atoms with Crippen molar-refractivity contribution in [2.45, 2.75) is 20.8 Å². The summed E-state index contributed by atoms with van der Waals surface area (Å²) in [4.78, 5) is 11.7. The minimum absolute atomic E-state index is 0.0391. The number of aliphatic hydroxyl groups excluding tert-OH is 1. The number of hydrogen-bond donors (Lipinski definition) is 2. The van der Waals surface area contributed by atoms with Gasteiger partial charge in [-0.3, -0.25) is 4.79 Å². The van der Waals surface area contributed by atoms with E-state index in [9.17, 15) is 4.79 Å². The largest absolute Gasteiger partial charge is 0.396 e. The van der Waals surface area contributed by atoms with E-state index < -0.39 is 0 Å². The molecule has 0 aliphatic rings. The Bertz CT molecular complexity index is 301. The van der Waals surface area contributed by atoms with Crippen LogP contribution >= 0.6 is 0 Å². The van der Waals surface area contributed by atoms with Crippen molar-refractivity contribution in [3.8, 4) is 0 Å². The molecule has 0 aromatic rings. The first-order chi connectivity index (χ1) is 7.46. The Hall–Kier alpha value is -1.35. The normalized spacial score (nSPS) is 12.9. The lowest BCUT2D eigenvalue weighted by Gasteiger charge is -2.21. The van der Waals surface area contributed by atoms with Crippen LogP contribution in [0.5, 0.6) is 0 Å². The Labute approximate surface area is 97.6 Å². The lowest BCUT2D eigenvalue weighted by atomic mass is 9.95. The molecule has 2 N–H and O–H groups in total. The summed E-state index contributed by atoms with van der Waals surface area (Å²) in [6.45, 7) is 9.66. The molecule has 0 aromatic carbocycles. The number of carbonyl (C=O) groups is 1. The van der Waals surface area contributed by atoms with Crippen LogP contribution in [0.2, 0.25) is 0 Å². The molecule has 0 aromatic heterocycles. The third-order valence-electron chi connectivity index (χ3n) is 2.06.